The Balaban J connectivity index is 0.00000182. The minimum atomic E-state index is 0. The van der Waals surface area contributed by atoms with E-state index < -0.39 is 0 Å². The molecule has 1 unspecified atom stereocenters. The summed E-state index contributed by atoms with van der Waals surface area (Å²) in [7, 11) is 0. The van der Waals surface area contributed by atoms with Crippen LogP contribution in [0.4, 0.5) is 0 Å². The van der Waals surface area contributed by atoms with Gasteiger partial charge in [-0.05, 0) is 36.0 Å². The first kappa shape index (κ1) is 17.7. The van der Waals surface area contributed by atoms with Crippen molar-refractivity contribution in [1.82, 2.24) is 15.1 Å². The summed E-state index contributed by atoms with van der Waals surface area (Å²) in [6, 6.07) is 19.8. The highest BCUT2D eigenvalue weighted by Crippen LogP contribution is 2.29. The number of halogens is 1. The molecule has 0 saturated carbocycles. The number of hydrogen-bond donors (Lipinski definition) is 1. The third kappa shape index (κ3) is 4.30. The van der Waals surface area contributed by atoms with E-state index >= 15 is 0 Å². The Morgan fingerprint density at radius 1 is 1.00 bits per heavy atom. The van der Waals surface area contributed by atoms with Crippen LogP contribution in [0.15, 0.2) is 67.0 Å². The average Bonchev–Trinajstić information content (AvgIpc) is 3.08. The second-order valence-corrected chi connectivity index (χ2v) is 6.56. The Morgan fingerprint density at radius 2 is 1.80 bits per heavy atom. The standard InChI is InChI=1S/C21H23N3.ClH/c1-2-7-17(8-3-1)15-24-16-18(14-23-24)13-22-21-12-6-10-19-9-4-5-11-20(19)21;/h1-5,7-9,11,14,16,21-22H,6,10,12-13,15H2;1H. The number of aryl methyl sites for hydroxylation is 1. The van der Waals surface area contributed by atoms with Crippen LogP contribution in [0.5, 0.6) is 0 Å². The zero-order valence-electron chi connectivity index (χ0n) is 14.3. The second-order valence-electron chi connectivity index (χ2n) is 6.56. The summed E-state index contributed by atoms with van der Waals surface area (Å²) >= 11 is 0. The van der Waals surface area contributed by atoms with E-state index in [0.29, 0.717) is 6.04 Å². The number of nitrogens with one attached hydrogen (secondary N) is 1. The monoisotopic (exact) mass is 353 g/mol. The van der Waals surface area contributed by atoms with Gasteiger partial charge in [-0.3, -0.25) is 4.68 Å². The van der Waals surface area contributed by atoms with Crippen molar-refractivity contribution in [2.24, 2.45) is 0 Å². The van der Waals surface area contributed by atoms with Gasteiger partial charge in [-0.2, -0.15) is 5.10 Å². The van der Waals surface area contributed by atoms with E-state index in [-0.39, 0.29) is 12.4 Å². The molecule has 1 heterocycles. The van der Waals surface area contributed by atoms with Crippen LogP contribution >= 0.6 is 12.4 Å². The normalized spacial score (nSPS) is 16.1. The number of fused-ring (bicyclic) bond motifs is 1. The molecule has 1 atom stereocenters. The van der Waals surface area contributed by atoms with E-state index in [2.05, 4.69) is 65.1 Å². The van der Waals surface area contributed by atoms with E-state index in [1.54, 1.807) is 0 Å². The van der Waals surface area contributed by atoms with Crippen molar-refractivity contribution in [1.29, 1.82) is 0 Å². The lowest BCUT2D eigenvalue weighted by Gasteiger charge is -2.26. The van der Waals surface area contributed by atoms with Crippen LogP contribution in [-0.2, 0) is 19.5 Å². The molecule has 3 nitrogen and oxygen atoms in total. The van der Waals surface area contributed by atoms with E-state index in [4.69, 9.17) is 0 Å². The largest absolute Gasteiger partial charge is 0.306 e. The minimum Gasteiger partial charge on any atom is -0.306 e. The SMILES string of the molecule is Cl.c1ccc(Cn2cc(CNC3CCCc4ccccc43)cn2)cc1. The van der Waals surface area contributed by atoms with Crippen molar-refractivity contribution in [2.45, 2.75) is 38.4 Å². The molecule has 0 spiro atoms. The Morgan fingerprint density at radius 3 is 2.68 bits per heavy atom. The van der Waals surface area contributed by atoms with Crippen LogP contribution in [0.25, 0.3) is 0 Å². The van der Waals surface area contributed by atoms with Gasteiger partial charge in [0.15, 0.2) is 0 Å². The van der Waals surface area contributed by atoms with Crippen LogP contribution in [0.1, 0.15) is 41.1 Å². The van der Waals surface area contributed by atoms with Crippen molar-refractivity contribution < 1.29 is 0 Å². The molecule has 3 aromatic rings. The summed E-state index contributed by atoms with van der Waals surface area (Å²) < 4.78 is 2.02. The zero-order chi connectivity index (χ0) is 16.2. The van der Waals surface area contributed by atoms with Gasteiger partial charge in [0.1, 0.15) is 0 Å². The van der Waals surface area contributed by atoms with Gasteiger partial charge in [0.2, 0.25) is 0 Å². The molecular weight excluding hydrogens is 330 g/mol. The number of hydrogen-bond acceptors (Lipinski definition) is 2. The van der Waals surface area contributed by atoms with Gasteiger partial charge in [0, 0.05) is 24.3 Å². The molecule has 0 bridgehead atoms. The Labute approximate surface area is 155 Å². The summed E-state index contributed by atoms with van der Waals surface area (Å²) in [6.07, 6.45) is 7.82. The van der Waals surface area contributed by atoms with E-state index in [0.717, 1.165) is 13.1 Å². The Bertz CT molecular complexity index is 798. The van der Waals surface area contributed by atoms with E-state index in [9.17, 15) is 0 Å². The highest BCUT2D eigenvalue weighted by atomic mass is 35.5. The summed E-state index contributed by atoms with van der Waals surface area (Å²) in [6.45, 7) is 1.70. The highest BCUT2D eigenvalue weighted by molar-refractivity contribution is 5.85. The molecule has 0 radical (unpaired) electrons. The van der Waals surface area contributed by atoms with Gasteiger partial charge >= 0.3 is 0 Å². The first-order chi connectivity index (χ1) is 11.9. The summed E-state index contributed by atoms with van der Waals surface area (Å²) in [5.74, 6) is 0. The van der Waals surface area contributed by atoms with Gasteiger partial charge in [0.05, 0.1) is 12.7 Å². The van der Waals surface area contributed by atoms with Gasteiger partial charge in [-0.25, -0.2) is 0 Å². The highest BCUT2D eigenvalue weighted by Gasteiger charge is 2.19. The molecule has 130 valence electrons. The lowest BCUT2D eigenvalue weighted by molar-refractivity contribution is 0.459. The molecule has 4 rings (SSSR count). The quantitative estimate of drug-likeness (QED) is 0.730. The maximum Gasteiger partial charge on any atom is 0.0659 e. The molecule has 0 saturated heterocycles. The number of aromatic nitrogens is 2. The third-order valence-electron chi connectivity index (χ3n) is 4.80. The lowest BCUT2D eigenvalue weighted by atomic mass is 9.88. The Hall–Kier alpha value is -2.10. The van der Waals surface area contributed by atoms with Crippen LogP contribution in [0.2, 0.25) is 0 Å². The summed E-state index contributed by atoms with van der Waals surface area (Å²) in [5, 5.41) is 8.21. The lowest BCUT2D eigenvalue weighted by Crippen LogP contribution is -2.24. The predicted molar refractivity (Wildman–Crippen MR) is 104 cm³/mol. The zero-order valence-corrected chi connectivity index (χ0v) is 15.1. The Kier molecular flexibility index (Phi) is 5.90. The smallest absolute Gasteiger partial charge is 0.0659 e. The molecule has 0 aliphatic heterocycles. The molecule has 2 aromatic carbocycles. The van der Waals surface area contributed by atoms with Gasteiger partial charge in [-0.15, -0.1) is 12.4 Å². The molecule has 1 aliphatic carbocycles. The molecule has 0 amide bonds. The van der Waals surface area contributed by atoms with Crippen molar-refractivity contribution in [3.05, 3.63) is 89.2 Å². The van der Waals surface area contributed by atoms with Crippen molar-refractivity contribution in [2.75, 3.05) is 0 Å². The predicted octanol–water partition coefficient (Wildman–Crippen LogP) is 4.52. The van der Waals surface area contributed by atoms with Crippen molar-refractivity contribution in [3.63, 3.8) is 0 Å². The first-order valence-electron chi connectivity index (χ1n) is 8.75. The molecule has 4 heteroatoms. The molecule has 1 aliphatic rings. The number of nitrogens with zero attached hydrogens (tertiary/aromatic N) is 2. The number of rotatable bonds is 5. The van der Waals surface area contributed by atoms with Crippen LogP contribution in [-0.4, -0.2) is 9.78 Å². The molecular formula is C21H24ClN3. The van der Waals surface area contributed by atoms with E-state index in [1.165, 1.54) is 41.5 Å². The van der Waals surface area contributed by atoms with Gasteiger partial charge < -0.3 is 5.32 Å². The summed E-state index contributed by atoms with van der Waals surface area (Å²) in [5.41, 5.74) is 5.50. The first-order valence-corrected chi connectivity index (χ1v) is 8.75. The fraction of sp³-hybridized carbons (Fsp3) is 0.286. The molecule has 0 fully saturated rings. The van der Waals surface area contributed by atoms with Gasteiger partial charge in [-0.1, -0.05) is 54.6 Å². The van der Waals surface area contributed by atoms with Crippen LogP contribution in [0.3, 0.4) is 0 Å². The van der Waals surface area contributed by atoms with Crippen LogP contribution < -0.4 is 5.32 Å². The van der Waals surface area contributed by atoms with Crippen LogP contribution in [0, 0.1) is 0 Å². The molecule has 1 aromatic heterocycles. The maximum absolute atomic E-state index is 4.50. The van der Waals surface area contributed by atoms with Crippen molar-refractivity contribution in [3.8, 4) is 0 Å². The summed E-state index contributed by atoms with van der Waals surface area (Å²) in [4.78, 5) is 0. The second kappa shape index (κ2) is 8.32. The van der Waals surface area contributed by atoms with Gasteiger partial charge in [0.25, 0.3) is 0 Å². The topological polar surface area (TPSA) is 29.9 Å². The molecule has 1 N–H and O–H groups in total. The van der Waals surface area contributed by atoms with Crippen molar-refractivity contribution >= 4 is 12.4 Å². The van der Waals surface area contributed by atoms with E-state index in [1.807, 2.05) is 16.9 Å². The fourth-order valence-electron chi connectivity index (χ4n) is 3.56. The average molecular weight is 354 g/mol. The number of benzene rings is 2. The molecule has 25 heavy (non-hydrogen) atoms. The maximum atomic E-state index is 4.50. The fourth-order valence-corrected chi connectivity index (χ4v) is 3.56. The minimum absolute atomic E-state index is 0. The third-order valence-corrected chi connectivity index (χ3v) is 4.80.